The summed E-state index contributed by atoms with van der Waals surface area (Å²) in [5, 5.41) is 30.6. The maximum absolute atomic E-state index is 14.4. The largest absolute Gasteiger partial charge is 0.289 e. The van der Waals surface area contributed by atoms with Crippen molar-refractivity contribution in [1.29, 1.82) is 15.8 Å². The van der Waals surface area contributed by atoms with Gasteiger partial charge in [0.15, 0.2) is 11.6 Å². The van der Waals surface area contributed by atoms with Crippen LogP contribution >= 0.6 is 56.7 Å². The molecular weight excluding hydrogens is 1160 g/mol. The molecule has 5 heterocycles. The van der Waals surface area contributed by atoms with Gasteiger partial charge in [-0.1, -0.05) is 168 Å². The Labute approximate surface area is 521 Å². The first kappa shape index (κ1) is 52.6. The Morgan fingerprint density at radius 1 is 0.437 bits per heavy atom. The first-order valence-corrected chi connectivity index (χ1v) is 32.3. The number of Topliss-reactive ketones (excluding diaryl/α,β-unsaturated/α-hetero) is 2. The molecule has 0 saturated carbocycles. The van der Waals surface area contributed by atoms with Gasteiger partial charge in [0.2, 0.25) is 0 Å². The highest BCUT2D eigenvalue weighted by Crippen LogP contribution is 2.69. The first-order valence-electron chi connectivity index (χ1n) is 28.2. The number of nitrogens with zero attached hydrogens (tertiary/aromatic N) is 4. The summed E-state index contributed by atoms with van der Waals surface area (Å²) in [6.45, 7) is 16.5. The molecule has 5 aromatic heterocycles. The number of aryl methyl sites for hydroxylation is 4. The Balaban J connectivity index is 0.977. The number of carbonyl (C=O) groups excluding carboxylic acids is 2. The number of fused-ring (bicyclic) bond motifs is 14. The fourth-order valence-corrected chi connectivity index (χ4v) is 21.2. The van der Waals surface area contributed by atoms with E-state index in [0.29, 0.717) is 44.5 Å². The summed E-state index contributed by atoms with van der Waals surface area (Å²) >= 11 is 8.71. The lowest BCUT2D eigenvalue weighted by Crippen LogP contribution is -2.30. The molecule has 87 heavy (non-hydrogen) atoms. The fraction of sp³-hybridized carbons (Fsp3) is 0.0789. The van der Waals surface area contributed by atoms with Gasteiger partial charge >= 0.3 is 0 Å². The Kier molecular flexibility index (Phi) is 11.7. The van der Waals surface area contributed by atoms with Crippen LogP contribution in [0, 0.1) is 68.3 Å². The summed E-state index contributed by atoms with van der Waals surface area (Å²) in [6, 6.07) is 66.4. The van der Waals surface area contributed by atoms with E-state index in [2.05, 4.69) is 172 Å². The minimum atomic E-state index is -0.810. The molecule has 0 fully saturated rings. The van der Waals surface area contributed by atoms with Crippen LogP contribution in [0.2, 0.25) is 0 Å². The van der Waals surface area contributed by atoms with E-state index in [4.69, 9.17) is 6.57 Å². The molecule has 7 aromatic carbocycles. The number of ketones is 2. The third kappa shape index (κ3) is 7.24. The van der Waals surface area contributed by atoms with Gasteiger partial charge in [-0.3, -0.25) is 9.59 Å². The molecule has 0 atom stereocenters. The fourth-order valence-electron chi connectivity index (χ4n) is 14.1. The van der Waals surface area contributed by atoms with Crippen LogP contribution in [0.3, 0.4) is 0 Å². The molecule has 408 valence electrons. The molecule has 6 nitrogen and oxygen atoms in total. The maximum Gasteiger partial charge on any atom is 0.270 e. The molecule has 0 amide bonds. The molecule has 0 unspecified atom stereocenters. The monoisotopic (exact) mass is 1200 g/mol. The number of thiophene rings is 5. The summed E-state index contributed by atoms with van der Waals surface area (Å²) in [5.41, 5.74) is 18.4. The smallest absolute Gasteiger partial charge is 0.270 e. The topological polar surface area (TPSA) is 110 Å². The van der Waals surface area contributed by atoms with Gasteiger partial charge in [-0.05, 0) is 120 Å². The Hall–Kier alpha value is -9.92. The minimum Gasteiger partial charge on any atom is -0.289 e. The van der Waals surface area contributed by atoms with Crippen molar-refractivity contribution in [2.75, 3.05) is 0 Å². The van der Waals surface area contributed by atoms with Crippen molar-refractivity contribution in [3.63, 3.8) is 0 Å². The average Bonchev–Trinajstić information content (AvgIpc) is 1.50. The van der Waals surface area contributed by atoms with Gasteiger partial charge in [0.25, 0.3) is 5.70 Å². The first-order chi connectivity index (χ1) is 42.4. The average molecular weight is 1200 g/mol. The Bertz CT molecular complexity index is 5320. The number of benzene rings is 7. The summed E-state index contributed by atoms with van der Waals surface area (Å²) < 4.78 is 6.84. The normalized spacial score (nSPS) is 16.2. The van der Waals surface area contributed by atoms with E-state index in [9.17, 15) is 25.4 Å². The van der Waals surface area contributed by atoms with E-state index in [1.807, 2.05) is 59.9 Å². The maximum atomic E-state index is 14.4. The predicted molar refractivity (Wildman–Crippen MR) is 357 cm³/mol. The van der Waals surface area contributed by atoms with Gasteiger partial charge < -0.3 is 0 Å². The van der Waals surface area contributed by atoms with Crippen LogP contribution < -0.4 is 0 Å². The van der Waals surface area contributed by atoms with Crippen LogP contribution in [0.4, 0.5) is 0 Å². The molecule has 0 radical (unpaired) electrons. The van der Waals surface area contributed by atoms with Gasteiger partial charge in [-0.15, -0.1) is 56.7 Å². The van der Waals surface area contributed by atoms with Crippen molar-refractivity contribution in [3.05, 3.63) is 302 Å². The summed E-state index contributed by atoms with van der Waals surface area (Å²) in [6.07, 6.45) is 3.77. The second kappa shape index (κ2) is 19.3. The predicted octanol–water partition coefficient (Wildman–Crippen LogP) is 19.9. The molecule has 4 aliphatic rings. The van der Waals surface area contributed by atoms with Crippen LogP contribution in [0.1, 0.15) is 108 Å². The Morgan fingerprint density at radius 3 is 1.29 bits per heavy atom. The quantitative estimate of drug-likeness (QED) is 0.0936. The van der Waals surface area contributed by atoms with Gasteiger partial charge in [-0.2, -0.15) is 10.5 Å². The van der Waals surface area contributed by atoms with Crippen LogP contribution in [0.25, 0.3) is 77.2 Å². The number of nitriles is 3. The second-order valence-electron chi connectivity index (χ2n) is 22.8. The van der Waals surface area contributed by atoms with Crippen molar-refractivity contribution in [2.24, 2.45) is 0 Å². The van der Waals surface area contributed by atoms with E-state index in [1.165, 1.54) is 74.8 Å². The number of allylic oxidation sites excluding steroid dienone is 6. The lowest BCUT2D eigenvalue weighted by Gasteiger charge is -2.35. The number of rotatable bonds is 6. The lowest BCUT2D eigenvalue weighted by molar-refractivity contribution is 0.103. The van der Waals surface area contributed by atoms with Crippen molar-refractivity contribution < 1.29 is 9.59 Å². The van der Waals surface area contributed by atoms with Gasteiger partial charge in [-0.25, -0.2) is 10.1 Å². The molecule has 0 spiro atoms. The lowest BCUT2D eigenvalue weighted by atomic mass is 9.65. The molecule has 0 aliphatic heterocycles. The van der Waals surface area contributed by atoms with E-state index in [0.717, 1.165) is 50.8 Å². The molecular formula is C76H42N4O2S5. The van der Waals surface area contributed by atoms with Crippen LogP contribution in [-0.2, 0) is 10.8 Å². The number of hydrogen-bond acceptors (Lipinski definition) is 10. The zero-order valence-corrected chi connectivity index (χ0v) is 51.0. The van der Waals surface area contributed by atoms with E-state index in [1.54, 1.807) is 57.5 Å². The Morgan fingerprint density at radius 2 is 0.839 bits per heavy atom. The molecule has 0 saturated heterocycles. The van der Waals surface area contributed by atoms with E-state index in [-0.39, 0.29) is 22.8 Å². The molecule has 12 aromatic rings. The summed E-state index contributed by atoms with van der Waals surface area (Å²) in [4.78, 5) is 36.3. The van der Waals surface area contributed by atoms with Gasteiger partial charge in [0.1, 0.15) is 17.7 Å². The van der Waals surface area contributed by atoms with Crippen LogP contribution in [-0.4, -0.2) is 11.6 Å². The molecule has 11 heteroatoms. The molecule has 0 bridgehead atoms. The van der Waals surface area contributed by atoms with Crippen LogP contribution in [0.15, 0.2) is 192 Å². The van der Waals surface area contributed by atoms with Crippen molar-refractivity contribution >= 4 is 120 Å². The van der Waals surface area contributed by atoms with Crippen molar-refractivity contribution in [3.8, 4) is 39.1 Å². The summed E-state index contributed by atoms with van der Waals surface area (Å²) in [5.74, 6) is -0.397. The molecule has 16 rings (SSSR count). The highest BCUT2D eigenvalue weighted by atomic mass is 32.1. The third-order valence-electron chi connectivity index (χ3n) is 17.9. The van der Waals surface area contributed by atoms with E-state index >= 15 is 0 Å². The number of carbonyl (C=O) groups is 2. The van der Waals surface area contributed by atoms with Crippen molar-refractivity contribution in [2.45, 2.75) is 38.5 Å². The zero-order chi connectivity index (χ0) is 59.4. The summed E-state index contributed by atoms with van der Waals surface area (Å²) in [7, 11) is 0. The SMILES string of the molecule is [C-]#[N+]/C(C#N)=C1/C(=Cc2cc3sc4c(c3s2)C(c2ccc(C)cc2)(c2ccc(C)cc2)c2cc3c(cc2-4)C(c2ccc(C)cc2)(c2ccc(C)cc2)c2c-3sc3c2sc2cc(C=C4C(=O)c5ccccc5C4=C(C#N)C#N)sc23)C(=O)c2ccccc21. The van der Waals surface area contributed by atoms with Gasteiger partial charge in [0.05, 0.1) is 42.3 Å². The number of hydrogen-bond donors (Lipinski definition) is 0. The second-order valence-corrected chi connectivity index (χ2v) is 28.0. The third-order valence-corrected chi connectivity index (χ3v) is 24.2. The van der Waals surface area contributed by atoms with Crippen molar-refractivity contribution in [1.82, 2.24) is 0 Å². The molecule has 0 N–H and O–H groups in total. The van der Waals surface area contributed by atoms with Gasteiger partial charge in [0, 0.05) is 73.5 Å². The van der Waals surface area contributed by atoms with Crippen LogP contribution in [0.5, 0.6) is 0 Å². The van der Waals surface area contributed by atoms with E-state index < -0.39 is 10.8 Å². The highest BCUT2D eigenvalue weighted by molar-refractivity contribution is 7.40. The zero-order valence-electron chi connectivity index (χ0n) is 47.0. The molecule has 4 aliphatic carbocycles. The standard InChI is InChI=1S/C76H42N4O2S5/c1-39-14-22-44(23-15-39)75(45-24-16-40(2)17-25-45)58-35-55-59(34-54(58)69-65(75)71-61(85-69)32-48(83-71)31-57-64(60(38-79)80-5)51-11-7-9-13-53(51)68(57)82)76(46-26-18-41(3)19-27-46,47-28-20-42(4)21-29-47)66-70(55)87-74-72-62(86-73(66)74)33-49(84-72)30-56-63(43(36-77)37-78)50-10-6-8-12-52(50)67(56)81/h6-35H,1-4H3/b56-30?,57-31?,64-60+. The highest BCUT2D eigenvalue weighted by Gasteiger charge is 2.54. The minimum absolute atomic E-state index is 0.0841.